The van der Waals surface area contributed by atoms with Gasteiger partial charge in [0, 0.05) is 11.4 Å². The van der Waals surface area contributed by atoms with Crippen LogP contribution >= 0.6 is 11.3 Å². The summed E-state index contributed by atoms with van der Waals surface area (Å²) in [7, 11) is 0. The molecule has 0 saturated carbocycles. The second-order valence-corrected chi connectivity index (χ2v) is 7.60. The highest BCUT2D eigenvalue weighted by Crippen LogP contribution is 2.33. The van der Waals surface area contributed by atoms with Crippen LogP contribution in [0.3, 0.4) is 0 Å². The van der Waals surface area contributed by atoms with Crippen LogP contribution in [0, 0.1) is 6.92 Å². The van der Waals surface area contributed by atoms with E-state index in [1.807, 2.05) is 23.1 Å². The van der Waals surface area contributed by atoms with Gasteiger partial charge in [0.25, 0.3) is 5.91 Å². The molecule has 0 radical (unpaired) electrons. The molecular formula is C20H27N2O3S+. The third-order valence-corrected chi connectivity index (χ3v) is 5.55. The first-order valence-electron chi connectivity index (χ1n) is 9.18. The van der Waals surface area contributed by atoms with Gasteiger partial charge in [-0.15, -0.1) is 11.3 Å². The number of carbonyl (C=O) groups is 1. The Labute approximate surface area is 158 Å². The molecule has 1 aromatic carbocycles. The van der Waals surface area contributed by atoms with Crippen molar-refractivity contribution in [3.05, 3.63) is 45.6 Å². The highest BCUT2D eigenvalue weighted by atomic mass is 32.1. The van der Waals surface area contributed by atoms with Gasteiger partial charge in [-0.05, 0) is 48.1 Å². The van der Waals surface area contributed by atoms with Crippen LogP contribution in [0.1, 0.15) is 35.8 Å². The number of unbranched alkanes of at least 4 members (excludes halogenated alkanes) is 1. The number of aryl methyl sites for hydroxylation is 1. The lowest BCUT2D eigenvalue weighted by Gasteiger charge is -2.22. The first-order valence-corrected chi connectivity index (χ1v) is 10.1. The molecule has 140 valence electrons. The van der Waals surface area contributed by atoms with Crippen molar-refractivity contribution in [2.45, 2.75) is 39.8 Å². The Morgan fingerprint density at radius 2 is 2.08 bits per heavy atom. The van der Waals surface area contributed by atoms with E-state index in [2.05, 4.69) is 30.6 Å². The zero-order chi connectivity index (χ0) is 18.4. The number of nitrogens with two attached hydrogens (primary N) is 1. The van der Waals surface area contributed by atoms with Gasteiger partial charge in [0.15, 0.2) is 18.0 Å². The normalized spacial score (nSPS) is 12.4. The Bertz CT molecular complexity index is 744. The molecule has 2 N–H and O–H groups in total. The highest BCUT2D eigenvalue weighted by molar-refractivity contribution is 7.10. The molecule has 0 bridgehead atoms. The summed E-state index contributed by atoms with van der Waals surface area (Å²) in [5, 5.41) is 4.20. The lowest BCUT2D eigenvalue weighted by molar-refractivity contribution is -0.644. The minimum atomic E-state index is 0.173. The number of quaternary nitrogens is 1. The van der Waals surface area contributed by atoms with E-state index in [1.165, 1.54) is 10.4 Å². The van der Waals surface area contributed by atoms with E-state index >= 15 is 0 Å². The minimum Gasteiger partial charge on any atom is -0.454 e. The molecule has 0 spiro atoms. The lowest BCUT2D eigenvalue weighted by Crippen LogP contribution is -2.86. The molecule has 0 atom stereocenters. The lowest BCUT2D eigenvalue weighted by atomic mass is 10.1. The summed E-state index contributed by atoms with van der Waals surface area (Å²) in [4.78, 5) is 16.0. The summed E-state index contributed by atoms with van der Waals surface area (Å²) in [6, 6.07) is 8.02. The van der Waals surface area contributed by atoms with Crippen molar-refractivity contribution >= 4 is 17.2 Å². The number of fused-ring (bicyclic) bond motifs is 1. The number of carbonyl (C=O) groups excluding carboxylic acids is 1. The Hall–Kier alpha value is -2.05. The van der Waals surface area contributed by atoms with Gasteiger partial charge >= 0.3 is 0 Å². The quantitative estimate of drug-likeness (QED) is 0.686. The molecule has 5 nitrogen and oxygen atoms in total. The molecule has 1 aromatic heterocycles. The summed E-state index contributed by atoms with van der Waals surface area (Å²) in [6.45, 7) is 7.26. The molecule has 0 fully saturated rings. The number of benzene rings is 1. The van der Waals surface area contributed by atoms with E-state index in [4.69, 9.17) is 9.47 Å². The number of amides is 1. The van der Waals surface area contributed by atoms with Crippen molar-refractivity contribution in [2.24, 2.45) is 0 Å². The van der Waals surface area contributed by atoms with Crippen LogP contribution < -0.4 is 14.8 Å². The van der Waals surface area contributed by atoms with Crippen LogP contribution in [0.2, 0.25) is 0 Å². The molecule has 26 heavy (non-hydrogen) atoms. The zero-order valence-electron chi connectivity index (χ0n) is 15.5. The molecule has 0 saturated heterocycles. The second kappa shape index (κ2) is 9.05. The molecule has 1 amide bonds. The largest absolute Gasteiger partial charge is 0.454 e. The summed E-state index contributed by atoms with van der Waals surface area (Å²) >= 11 is 1.71. The molecule has 6 heteroatoms. The predicted octanol–water partition coefficient (Wildman–Crippen LogP) is 2.68. The molecular weight excluding hydrogens is 348 g/mol. The molecule has 2 aromatic rings. The van der Waals surface area contributed by atoms with Crippen LogP contribution in [0.15, 0.2) is 29.6 Å². The topological polar surface area (TPSA) is 55.4 Å². The van der Waals surface area contributed by atoms with Gasteiger partial charge in [-0.2, -0.15) is 0 Å². The van der Waals surface area contributed by atoms with E-state index in [0.29, 0.717) is 19.6 Å². The Balaban J connectivity index is 1.69. The van der Waals surface area contributed by atoms with Gasteiger partial charge < -0.3 is 19.7 Å². The third kappa shape index (κ3) is 4.77. The van der Waals surface area contributed by atoms with Crippen LogP contribution in [-0.4, -0.2) is 30.7 Å². The van der Waals surface area contributed by atoms with Gasteiger partial charge in [-0.25, -0.2) is 0 Å². The fourth-order valence-electron chi connectivity index (χ4n) is 2.93. The number of hydrogen-bond donors (Lipinski definition) is 1. The van der Waals surface area contributed by atoms with Crippen molar-refractivity contribution in [1.82, 2.24) is 4.90 Å². The van der Waals surface area contributed by atoms with Gasteiger partial charge in [-0.1, -0.05) is 19.4 Å². The molecule has 3 rings (SSSR count). The Kier molecular flexibility index (Phi) is 6.52. The fraction of sp³-hybridized carbons (Fsp3) is 0.450. The smallest absolute Gasteiger partial charge is 0.278 e. The maximum atomic E-state index is 12.8. The summed E-state index contributed by atoms with van der Waals surface area (Å²) in [5.74, 6) is 1.71. The van der Waals surface area contributed by atoms with Crippen molar-refractivity contribution < 1.29 is 19.6 Å². The number of thiophene rings is 1. The molecule has 2 heterocycles. The SMILES string of the molecule is CCCC[NH2+]CC(=O)N(Cc1ccc2c(c1)OCO2)Cc1sccc1C. The summed E-state index contributed by atoms with van der Waals surface area (Å²) in [6.07, 6.45) is 2.29. The first kappa shape index (κ1) is 18.7. The monoisotopic (exact) mass is 375 g/mol. The van der Waals surface area contributed by atoms with E-state index in [0.717, 1.165) is 36.4 Å². The van der Waals surface area contributed by atoms with Gasteiger partial charge in [0.1, 0.15) is 0 Å². The number of hydrogen-bond acceptors (Lipinski definition) is 4. The molecule has 0 unspecified atom stereocenters. The predicted molar refractivity (Wildman–Crippen MR) is 102 cm³/mol. The zero-order valence-corrected chi connectivity index (χ0v) is 16.3. The summed E-state index contributed by atoms with van der Waals surface area (Å²) in [5.41, 5.74) is 2.30. The second-order valence-electron chi connectivity index (χ2n) is 6.60. The maximum Gasteiger partial charge on any atom is 0.278 e. The van der Waals surface area contributed by atoms with Crippen molar-refractivity contribution in [1.29, 1.82) is 0 Å². The fourth-order valence-corrected chi connectivity index (χ4v) is 3.86. The Morgan fingerprint density at radius 1 is 1.23 bits per heavy atom. The van der Waals surface area contributed by atoms with Crippen molar-refractivity contribution in [3.63, 3.8) is 0 Å². The summed E-state index contributed by atoms with van der Waals surface area (Å²) < 4.78 is 10.8. The van der Waals surface area contributed by atoms with Gasteiger partial charge in [0.2, 0.25) is 6.79 Å². The number of rotatable bonds is 9. The van der Waals surface area contributed by atoms with Crippen LogP contribution in [0.4, 0.5) is 0 Å². The van der Waals surface area contributed by atoms with E-state index in [9.17, 15) is 4.79 Å². The van der Waals surface area contributed by atoms with E-state index < -0.39 is 0 Å². The third-order valence-electron chi connectivity index (χ3n) is 4.55. The highest BCUT2D eigenvalue weighted by Gasteiger charge is 2.20. The standard InChI is InChI=1S/C20H26N2O3S/c1-3-4-8-21-11-20(23)22(13-19-15(2)7-9-26-19)12-16-5-6-17-18(10-16)25-14-24-17/h5-7,9-10,21H,3-4,8,11-14H2,1-2H3/p+1. The van der Waals surface area contributed by atoms with Crippen molar-refractivity contribution in [3.8, 4) is 11.5 Å². The first-order chi connectivity index (χ1) is 12.7. The molecule has 1 aliphatic heterocycles. The molecule has 1 aliphatic rings. The van der Waals surface area contributed by atoms with Crippen LogP contribution in [-0.2, 0) is 17.9 Å². The van der Waals surface area contributed by atoms with Gasteiger partial charge in [0.05, 0.1) is 13.1 Å². The van der Waals surface area contributed by atoms with Crippen LogP contribution in [0.5, 0.6) is 11.5 Å². The van der Waals surface area contributed by atoms with E-state index in [1.54, 1.807) is 11.3 Å². The molecule has 0 aliphatic carbocycles. The average Bonchev–Trinajstić information content (AvgIpc) is 3.26. The Morgan fingerprint density at radius 3 is 2.85 bits per heavy atom. The van der Waals surface area contributed by atoms with Crippen LogP contribution in [0.25, 0.3) is 0 Å². The number of nitrogens with zero attached hydrogens (tertiary/aromatic N) is 1. The van der Waals surface area contributed by atoms with Gasteiger partial charge in [-0.3, -0.25) is 4.79 Å². The maximum absolute atomic E-state index is 12.8. The van der Waals surface area contributed by atoms with Crippen molar-refractivity contribution in [2.75, 3.05) is 19.9 Å². The van der Waals surface area contributed by atoms with E-state index in [-0.39, 0.29) is 12.7 Å². The average molecular weight is 376 g/mol. The number of ether oxygens (including phenoxy) is 2. The minimum absolute atomic E-state index is 0.173.